The van der Waals surface area contributed by atoms with Crippen molar-refractivity contribution in [2.75, 3.05) is 26.2 Å². The predicted molar refractivity (Wildman–Crippen MR) is 103 cm³/mol. The number of aromatic amines is 1. The fourth-order valence-corrected chi connectivity index (χ4v) is 4.07. The van der Waals surface area contributed by atoms with Crippen molar-refractivity contribution < 1.29 is 0 Å². The van der Waals surface area contributed by atoms with E-state index in [0.29, 0.717) is 6.04 Å². The smallest absolute Gasteiger partial charge is 0.0697 e. The van der Waals surface area contributed by atoms with Crippen LogP contribution in [0, 0.1) is 0 Å². The number of benzene rings is 1. The summed E-state index contributed by atoms with van der Waals surface area (Å²) in [4.78, 5) is 7.31. The van der Waals surface area contributed by atoms with Gasteiger partial charge in [-0.3, -0.25) is 4.90 Å². The van der Waals surface area contributed by atoms with E-state index in [-0.39, 0.29) is 24.8 Å². The van der Waals surface area contributed by atoms with Crippen LogP contribution < -0.4 is 5.32 Å². The van der Waals surface area contributed by atoms with Crippen molar-refractivity contribution >= 4 is 47.1 Å². The Balaban J connectivity index is 0.000000960. The van der Waals surface area contributed by atoms with Crippen LogP contribution in [0.25, 0.3) is 10.9 Å². The molecule has 3 heterocycles. The van der Waals surface area contributed by atoms with Crippen molar-refractivity contribution in [1.29, 1.82) is 0 Å². The minimum Gasteiger partial charge on any atom is -0.361 e. The van der Waals surface area contributed by atoms with Crippen molar-refractivity contribution in [1.82, 2.24) is 15.2 Å². The third-order valence-electron chi connectivity index (χ3n) is 4.22. The topological polar surface area (TPSA) is 31.1 Å². The highest BCUT2D eigenvalue weighted by Crippen LogP contribution is 2.33. The second-order valence-electron chi connectivity index (χ2n) is 5.53. The second kappa shape index (κ2) is 8.18. The number of halogens is 2. The first-order chi connectivity index (χ1) is 10.4. The zero-order valence-corrected chi connectivity index (χ0v) is 15.1. The number of nitrogens with one attached hydrogen (secondary N) is 2. The molecule has 0 amide bonds. The molecule has 0 unspecified atom stereocenters. The van der Waals surface area contributed by atoms with E-state index in [1.807, 2.05) is 17.5 Å². The van der Waals surface area contributed by atoms with E-state index in [1.165, 1.54) is 21.3 Å². The third-order valence-corrected chi connectivity index (χ3v) is 5.15. The van der Waals surface area contributed by atoms with Crippen LogP contribution >= 0.6 is 36.2 Å². The molecule has 1 saturated heterocycles. The van der Waals surface area contributed by atoms with Crippen LogP contribution in [0.3, 0.4) is 0 Å². The quantitative estimate of drug-likeness (QED) is 0.728. The molecule has 1 aliphatic heterocycles. The van der Waals surface area contributed by atoms with Gasteiger partial charge in [-0.1, -0.05) is 12.1 Å². The Morgan fingerprint density at radius 3 is 2.61 bits per heavy atom. The molecule has 2 aromatic heterocycles. The molecule has 4 rings (SSSR count). The number of piperazine rings is 1. The summed E-state index contributed by atoms with van der Waals surface area (Å²) >= 11 is 1.86. The number of aromatic nitrogens is 1. The average Bonchev–Trinajstić information content (AvgIpc) is 3.19. The van der Waals surface area contributed by atoms with E-state index >= 15 is 0 Å². The maximum absolute atomic E-state index is 3.45. The van der Waals surface area contributed by atoms with Gasteiger partial charge >= 0.3 is 0 Å². The lowest BCUT2D eigenvalue weighted by molar-refractivity contribution is 0.201. The highest BCUT2D eigenvalue weighted by molar-refractivity contribution is 7.10. The van der Waals surface area contributed by atoms with Crippen molar-refractivity contribution in [2.45, 2.75) is 6.04 Å². The lowest BCUT2D eigenvalue weighted by Gasteiger charge is -2.34. The van der Waals surface area contributed by atoms with E-state index in [2.05, 4.69) is 57.0 Å². The first-order valence-corrected chi connectivity index (χ1v) is 8.35. The van der Waals surface area contributed by atoms with Gasteiger partial charge in [0.1, 0.15) is 0 Å². The van der Waals surface area contributed by atoms with Gasteiger partial charge in [0.25, 0.3) is 0 Å². The van der Waals surface area contributed by atoms with E-state index in [1.54, 1.807) is 0 Å². The summed E-state index contributed by atoms with van der Waals surface area (Å²) in [5.41, 5.74) is 2.61. The Kier molecular flexibility index (Phi) is 6.50. The number of fused-ring (bicyclic) bond motifs is 1. The summed E-state index contributed by atoms with van der Waals surface area (Å²) < 4.78 is 0. The fraction of sp³-hybridized carbons (Fsp3) is 0.294. The summed E-state index contributed by atoms with van der Waals surface area (Å²) in [5.74, 6) is 0. The first-order valence-electron chi connectivity index (χ1n) is 7.47. The fourth-order valence-electron chi connectivity index (χ4n) is 3.18. The van der Waals surface area contributed by atoms with E-state index in [9.17, 15) is 0 Å². The maximum Gasteiger partial charge on any atom is 0.0697 e. The Morgan fingerprint density at radius 2 is 1.87 bits per heavy atom. The molecule has 3 aromatic rings. The Hall–Kier alpha value is -1.04. The second-order valence-corrected chi connectivity index (χ2v) is 6.51. The zero-order chi connectivity index (χ0) is 14.1. The third kappa shape index (κ3) is 3.73. The Labute approximate surface area is 152 Å². The molecule has 1 aromatic carbocycles. The summed E-state index contributed by atoms with van der Waals surface area (Å²) in [6.07, 6.45) is 2.01. The standard InChI is InChI=1S/C17H19N3S.2ClH/c1-2-16(21-11-1)17(20-9-7-18-8-10-20)14-3-4-15-13(12-14)5-6-19-15;;/h1-6,11-12,17-19H,7-10H2;2*1H/t17-;;/m0../s1. The van der Waals surface area contributed by atoms with E-state index in [0.717, 1.165) is 26.2 Å². The summed E-state index contributed by atoms with van der Waals surface area (Å²) in [6.45, 7) is 4.37. The molecule has 2 N–H and O–H groups in total. The zero-order valence-electron chi connectivity index (χ0n) is 12.7. The van der Waals surface area contributed by atoms with E-state index < -0.39 is 0 Å². The van der Waals surface area contributed by atoms with Gasteiger partial charge in [0.2, 0.25) is 0 Å². The maximum atomic E-state index is 3.45. The van der Waals surface area contributed by atoms with Crippen molar-refractivity contribution in [2.24, 2.45) is 0 Å². The minimum absolute atomic E-state index is 0. The molecule has 3 nitrogen and oxygen atoms in total. The van der Waals surface area contributed by atoms with Gasteiger partial charge in [-0.05, 0) is 40.6 Å². The molecular formula is C17H21Cl2N3S. The van der Waals surface area contributed by atoms with Gasteiger partial charge in [0, 0.05) is 42.8 Å². The van der Waals surface area contributed by atoms with Gasteiger partial charge in [0.05, 0.1) is 6.04 Å². The average molecular weight is 370 g/mol. The minimum atomic E-state index is 0. The van der Waals surface area contributed by atoms with Crippen LogP contribution in [0.4, 0.5) is 0 Å². The molecule has 1 aliphatic rings. The molecule has 124 valence electrons. The summed E-state index contributed by atoms with van der Waals surface area (Å²) in [6, 6.07) is 13.8. The van der Waals surface area contributed by atoms with Crippen molar-refractivity contribution in [3.8, 4) is 0 Å². The largest absolute Gasteiger partial charge is 0.361 e. The molecular weight excluding hydrogens is 349 g/mol. The van der Waals surface area contributed by atoms with Gasteiger partial charge in [0.15, 0.2) is 0 Å². The molecule has 0 aliphatic carbocycles. The SMILES string of the molecule is Cl.Cl.c1csc([C@H](c2ccc3[nH]ccc3c2)N2CCNCC2)c1. The Morgan fingerprint density at radius 1 is 1.04 bits per heavy atom. The number of H-pyrrole nitrogens is 1. The van der Waals surface area contributed by atoms with Crippen molar-refractivity contribution in [3.05, 3.63) is 58.4 Å². The highest BCUT2D eigenvalue weighted by Gasteiger charge is 2.24. The van der Waals surface area contributed by atoms with Crippen LogP contribution in [-0.2, 0) is 0 Å². The van der Waals surface area contributed by atoms with Crippen LogP contribution in [0.15, 0.2) is 48.0 Å². The molecule has 1 fully saturated rings. The van der Waals surface area contributed by atoms with Crippen LogP contribution in [0.2, 0.25) is 0 Å². The predicted octanol–water partition coefficient (Wildman–Crippen LogP) is 4.07. The highest BCUT2D eigenvalue weighted by atomic mass is 35.5. The van der Waals surface area contributed by atoms with E-state index in [4.69, 9.17) is 0 Å². The number of thiophene rings is 1. The summed E-state index contributed by atoms with van der Waals surface area (Å²) in [7, 11) is 0. The molecule has 23 heavy (non-hydrogen) atoms. The van der Waals surface area contributed by atoms with Gasteiger partial charge < -0.3 is 10.3 Å². The number of nitrogens with zero attached hydrogens (tertiary/aromatic N) is 1. The monoisotopic (exact) mass is 369 g/mol. The molecule has 1 atom stereocenters. The Bertz CT molecular complexity index is 720. The molecule has 0 spiro atoms. The number of rotatable bonds is 3. The molecule has 0 saturated carbocycles. The molecule has 0 bridgehead atoms. The molecule has 6 heteroatoms. The van der Waals surface area contributed by atoms with Gasteiger partial charge in [-0.2, -0.15) is 0 Å². The normalized spacial score (nSPS) is 16.5. The molecule has 0 radical (unpaired) electrons. The number of hydrogen-bond donors (Lipinski definition) is 2. The van der Waals surface area contributed by atoms with Gasteiger partial charge in [-0.25, -0.2) is 0 Å². The van der Waals surface area contributed by atoms with Crippen LogP contribution in [-0.4, -0.2) is 36.1 Å². The van der Waals surface area contributed by atoms with Crippen LogP contribution in [0.1, 0.15) is 16.5 Å². The lowest BCUT2D eigenvalue weighted by atomic mass is 10.0. The lowest BCUT2D eigenvalue weighted by Crippen LogP contribution is -2.45. The summed E-state index contributed by atoms with van der Waals surface area (Å²) in [5, 5.41) is 6.92. The van der Waals surface area contributed by atoms with Gasteiger partial charge in [-0.15, -0.1) is 36.2 Å². The number of hydrogen-bond acceptors (Lipinski definition) is 3. The first kappa shape index (κ1) is 18.3. The van der Waals surface area contributed by atoms with Crippen LogP contribution in [0.5, 0.6) is 0 Å². The van der Waals surface area contributed by atoms with Crippen molar-refractivity contribution in [3.63, 3.8) is 0 Å².